The molecule has 5 aliphatic carbocycles. The van der Waals surface area contributed by atoms with Gasteiger partial charge in [0, 0.05) is 35.2 Å². The lowest BCUT2D eigenvalue weighted by molar-refractivity contribution is -0.952. The molecule has 2 N–H and O–H groups in total. The molecule has 5 fully saturated rings. The van der Waals surface area contributed by atoms with Gasteiger partial charge in [0.15, 0.2) is 11.5 Å². The molecule has 2 heterocycles. The minimum absolute atomic E-state index is 0.0158. The van der Waals surface area contributed by atoms with Gasteiger partial charge in [-0.25, -0.2) is 0 Å². The first-order valence-electron chi connectivity index (χ1n) is 13.9. The zero-order valence-corrected chi connectivity index (χ0v) is 22.1. The van der Waals surface area contributed by atoms with Crippen LogP contribution in [0.3, 0.4) is 0 Å². The van der Waals surface area contributed by atoms with E-state index in [1.807, 2.05) is 6.07 Å². The second-order valence-corrected chi connectivity index (χ2v) is 15.0. The molecular weight excluding hydrogens is 422 g/mol. The molecule has 34 heavy (non-hydrogen) atoms. The van der Waals surface area contributed by atoms with Crippen LogP contribution in [0.15, 0.2) is 12.1 Å². The van der Waals surface area contributed by atoms with Crippen LogP contribution >= 0.6 is 0 Å². The third-order valence-corrected chi connectivity index (χ3v) is 12.7. The van der Waals surface area contributed by atoms with E-state index < -0.39 is 5.60 Å². The molecule has 8 atom stereocenters. The predicted molar refractivity (Wildman–Crippen MR) is 133 cm³/mol. The van der Waals surface area contributed by atoms with Crippen LogP contribution in [0.2, 0.25) is 0 Å². The van der Waals surface area contributed by atoms with Gasteiger partial charge in [0.2, 0.25) is 0 Å². The standard InChI is InChI=1S/C30H43NO3/c1-26(2,3)28(5,33)21-16-29-12-11-27(21,4)25-30(29)13-14-31(6,17-18-7-8-18)22(29)15-19-9-10-20(32)24(34-25)23(19)30/h9-10,18,21-22,25,33H,7-8,11-17H2,1-6H3/p+1/t21-,22?,25-,27+,28?,29+,30-,31-/m0/s1. The molecule has 2 aliphatic heterocycles. The lowest BCUT2D eigenvalue weighted by Gasteiger charge is -2.76. The van der Waals surface area contributed by atoms with E-state index in [0.717, 1.165) is 37.4 Å². The number of likely N-dealkylation sites (N-methyl/N-ethyl adjacent to an activating group) is 1. The molecule has 4 heteroatoms. The van der Waals surface area contributed by atoms with E-state index in [2.05, 4.69) is 47.7 Å². The van der Waals surface area contributed by atoms with Crippen molar-refractivity contribution in [3.63, 3.8) is 0 Å². The fraction of sp³-hybridized carbons (Fsp3) is 0.800. The Morgan fingerprint density at radius 1 is 1.12 bits per heavy atom. The van der Waals surface area contributed by atoms with Crippen molar-refractivity contribution in [2.75, 3.05) is 20.1 Å². The Hall–Kier alpha value is -1.26. The maximum Gasteiger partial charge on any atom is 0.165 e. The third-order valence-electron chi connectivity index (χ3n) is 12.7. The molecule has 4 saturated carbocycles. The molecule has 7 aliphatic rings. The number of hydrogen-bond acceptors (Lipinski definition) is 3. The Balaban J connectivity index is 1.48. The van der Waals surface area contributed by atoms with Gasteiger partial charge in [-0.05, 0) is 62.0 Å². The molecule has 186 valence electrons. The number of ether oxygens (including phenoxy) is 1. The first kappa shape index (κ1) is 22.0. The van der Waals surface area contributed by atoms with Crippen LogP contribution in [0.4, 0.5) is 0 Å². The minimum Gasteiger partial charge on any atom is -0.504 e. The second kappa shape index (κ2) is 5.99. The number of rotatable bonds is 3. The summed E-state index contributed by atoms with van der Waals surface area (Å²) >= 11 is 0. The van der Waals surface area contributed by atoms with Gasteiger partial charge in [0.25, 0.3) is 0 Å². The number of fused-ring (bicyclic) bond motifs is 2. The number of nitrogens with zero attached hydrogens (tertiary/aromatic N) is 1. The quantitative estimate of drug-likeness (QED) is 0.604. The van der Waals surface area contributed by atoms with Crippen molar-refractivity contribution in [3.05, 3.63) is 23.3 Å². The normalized spacial score (nSPS) is 47.7. The maximum atomic E-state index is 12.2. The van der Waals surface area contributed by atoms with Gasteiger partial charge in [-0.2, -0.15) is 0 Å². The van der Waals surface area contributed by atoms with Crippen molar-refractivity contribution in [1.29, 1.82) is 0 Å². The Morgan fingerprint density at radius 3 is 2.53 bits per heavy atom. The van der Waals surface area contributed by atoms with Gasteiger partial charge in [-0.15, -0.1) is 0 Å². The van der Waals surface area contributed by atoms with Crippen molar-refractivity contribution < 1.29 is 19.4 Å². The highest BCUT2D eigenvalue weighted by molar-refractivity contribution is 5.62. The summed E-state index contributed by atoms with van der Waals surface area (Å²) in [6.45, 7) is 13.7. The van der Waals surface area contributed by atoms with E-state index >= 15 is 0 Å². The number of benzene rings is 1. The Bertz CT molecular complexity index is 1090. The van der Waals surface area contributed by atoms with Crippen molar-refractivity contribution >= 4 is 0 Å². The molecule has 1 saturated heterocycles. The zero-order chi connectivity index (χ0) is 24.1. The summed E-state index contributed by atoms with van der Waals surface area (Å²) in [6, 6.07) is 4.66. The largest absolute Gasteiger partial charge is 0.504 e. The molecular formula is C30H44NO3+. The molecule has 8 rings (SSSR count). The number of likely N-dealkylation sites (tertiary alicyclic amines) is 1. The van der Waals surface area contributed by atoms with Gasteiger partial charge in [-0.1, -0.05) is 33.8 Å². The average Bonchev–Trinajstić information content (AvgIpc) is 3.47. The number of aromatic hydroxyl groups is 1. The van der Waals surface area contributed by atoms with E-state index in [-0.39, 0.29) is 33.7 Å². The maximum absolute atomic E-state index is 12.2. The number of quaternary nitrogens is 1. The summed E-state index contributed by atoms with van der Waals surface area (Å²) in [7, 11) is 2.56. The first-order chi connectivity index (χ1) is 15.8. The summed E-state index contributed by atoms with van der Waals surface area (Å²) in [4.78, 5) is 0. The fourth-order valence-corrected chi connectivity index (χ4v) is 10.4. The number of hydrogen-bond donors (Lipinski definition) is 2. The summed E-state index contributed by atoms with van der Waals surface area (Å²) in [6.07, 6.45) is 8.52. The summed E-state index contributed by atoms with van der Waals surface area (Å²) in [5.41, 5.74) is 1.80. The van der Waals surface area contributed by atoms with Gasteiger partial charge < -0.3 is 19.4 Å². The van der Waals surface area contributed by atoms with Gasteiger partial charge in [0.1, 0.15) is 6.10 Å². The van der Waals surface area contributed by atoms with Crippen molar-refractivity contribution in [1.82, 2.24) is 0 Å². The van der Waals surface area contributed by atoms with Gasteiger partial charge >= 0.3 is 0 Å². The van der Waals surface area contributed by atoms with Crippen LogP contribution in [0, 0.1) is 28.1 Å². The lowest BCUT2D eigenvalue weighted by atomic mass is 9.31. The van der Waals surface area contributed by atoms with Crippen molar-refractivity contribution in [2.45, 2.75) is 103 Å². The van der Waals surface area contributed by atoms with E-state index in [1.54, 1.807) is 0 Å². The molecule has 4 nitrogen and oxygen atoms in total. The van der Waals surface area contributed by atoms with Crippen LogP contribution in [-0.4, -0.2) is 52.6 Å². The number of piperidine rings is 1. The van der Waals surface area contributed by atoms with Crippen LogP contribution in [-0.2, 0) is 11.8 Å². The monoisotopic (exact) mass is 466 g/mol. The van der Waals surface area contributed by atoms with Crippen LogP contribution in [0.25, 0.3) is 0 Å². The van der Waals surface area contributed by atoms with Crippen LogP contribution in [0.1, 0.15) is 84.3 Å². The highest BCUT2D eigenvalue weighted by Gasteiger charge is 2.83. The average molecular weight is 467 g/mol. The smallest absolute Gasteiger partial charge is 0.165 e. The number of phenolic OH excluding ortho intramolecular Hbond substituents is 1. The Kier molecular flexibility index (Phi) is 3.87. The molecule has 0 amide bonds. The Morgan fingerprint density at radius 2 is 1.85 bits per heavy atom. The molecule has 0 radical (unpaired) electrons. The molecule has 0 aromatic heterocycles. The lowest BCUT2D eigenvalue weighted by Crippen LogP contribution is -2.82. The van der Waals surface area contributed by atoms with E-state index in [9.17, 15) is 10.2 Å². The summed E-state index contributed by atoms with van der Waals surface area (Å²) in [5, 5.41) is 23.2. The van der Waals surface area contributed by atoms with Gasteiger partial charge in [-0.3, -0.25) is 0 Å². The van der Waals surface area contributed by atoms with Crippen molar-refractivity contribution in [3.8, 4) is 11.5 Å². The SMILES string of the molecule is CC(C)(C)C(C)(O)[C@H]1C[C@@]23CC[C@@]1(C)[C@@H]1Oc4c(O)ccc5c4[C@@]12CC[N@@+](C)(CC1CC1)C3C5. The molecule has 2 spiro atoms. The third kappa shape index (κ3) is 2.22. The van der Waals surface area contributed by atoms with Crippen LogP contribution < -0.4 is 4.74 Å². The minimum atomic E-state index is -0.786. The topological polar surface area (TPSA) is 49.7 Å². The van der Waals surface area contributed by atoms with Crippen LogP contribution in [0.5, 0.6) is 11.5 Å². The summed E-state index contributed by atoms with van der Waals surface area (Å²) in [5.74, 6) is 2.18. The predicted octanol–water partition coefficient (Wildman–Crippen LogP) is 5.18. The molecule has 1 aromatic carbocycles. The molecule has 1 aromatic rings. The second-order valence-electron chi connectivity index (χ2n) is 15.0. The fourth-order valence-electron chi connectivity index (χ4n) is 10.4. The highest BCUT2D eigenvalue weighted by Crippen LogP contribution is 2.80. The van der Waals surface area contributed by atoms with E-state index in [4.69, 9.17) is 4.74 Å². The van der Waals surface area contributed by atoms with Crippen molar-refractivity contribution in [2.24, 2.45) is 28.1 Å². The number of phenols is 1. The molecule has 4 bridgehead atoms. The summed E-state index contributed by atoms with van der Waals surface area (Å²) < 4.78 is 8.16. The van der Waals surface area contributed by atoms with E-state index in [1.165, 1.54) is 48.0 Å². The molecule has 2 unspecified atom stereocenters. The van der Waals surface area contributed by atoms with Gasteiger partial charge in [0.05, 0.1) is 37.2 Å². The zero-order valence-electron chi connectivity index (χ0n) is 22.1. The highest BCUT2D eigenvalue weighted by atomic mass is 16.5. The number of aliphatic hydroxyl groups is 1. The Labute approximate surface area is 205 Å². The van der Waals surface area contributed by atoms with E-state index in [0.29, 0.717) is 11.8 Å². The first-order valence-corrected chi connectivity index (χ1v) is 13.9.